The number of aryl methyl sites for hydroxylation is 1. The molecule has 0 bridgehead atoms. The maximum atomic E-state index is 3.50. The molecule has 0 aromatic heterocycles. The van der Waals surface area contributed by atoms with Gasteiger partial charge in [-0.25, -0.2) is 12.1 Å². The van der Waals surface area contributed by atoms with Crippen LogP contribution in [0.5, 0.6) is 0 Å². The Morgan fingerprint density at radius 2 is 1.44 bits per heavy atom. The van der Waals surface area contributed by atoms with Crippen molar-refractivity contribution in [3.63, 3.8) is 0 Å². The second-order valence-corrected chi connectivity index (χ2v) is 16.4. The number of rotatable bonds is 1. The molecule has 3 aromatic rings. The third-order valence-electron chi connectivity index (χ3n) is 9.41. The van der Waals surface area contributed by atoms with Gasteiger partial charge in [0, 0.05) is 5.41 Å². The van der Waals surface area contributed by atoms with Crippen LogP contribution in [0, 0.1) is 6.08 Å². The Kier molecular flexibility index (Phi) is 11.7. The summed E-state index contributed by atoms with van der Waals surface area (Å²) in [5.41, 5.74) is 14.9. The average molecular weight is 691 g/mol. The van der Waals surface area contributed by atoms with Crippen molar-refractivity contribution in [1.29, 1.82) is 0 Å². The molecule has 43 heavy (non-hydrogen) atoms. The first kappa shape index (κ1) is 36.1. The molecule has 3 heteroatoms. The van der Waals surface area contributed by atoms with Crippen molar-refractivity contribution in [2.75, 3.05) is 0 Å². The number of allylic oxidation sites excluding steroid dienone is 2. The quantitative estimate of drug-likeness (QED) is 0.256. The van der Waals surface area contributed by atoms with E-state index in [1.807, 2.05) is 0 Å². The van der Waals surface area contributed by atoms with Crippen molar-refractivity contribution in [1.82, 2.24) is 0 Å². The van der Waals surface area contributed by atoms with Crippen molar-refractivity contribution >= 4 is 15.4 Å². The summed E-state index contributed by atoms with van der Waals surface area (Å²) in [5, 5.41) is 0. The van der Waals surface area contributed by atoms with Gasteiger partial charge in [0.05, 0.1) is 0 Å². The zero-order valence-electron chi connectivity index (χ0n) is 27.5. The molecule has 0 radical (unpaired) electrons. The first-order valence-electron chi connectivity index (χ1n) is 15.8. The molecule has 0 heterocycles. The Hall–Kier alpha value is -1.40. The van der Waals surface area contributed by atoms with E-state index < -0.39 is 0 Å². The molecule has 1 saturated carbocycles. The SMILES string of the molecule is CC1(C)[C-]=Cc2cc3c(cc21)Cc1cc2c(cc1-3)C=CC2(C)C.CCc1cc(C(C)(C)C)c[cH-]1.[Cl-].[Cl-].[Zr+2]=[C]1CCCCC1. The van der Waals surface area contributed by atoms with Crippen LogP contribution >= 0.6 is 0 Å². The fourth-order valence-corrected chi connectivity index (χ4v) is 7.43. The number of fused-ring (bicyclic) bond motifs is 5. The monoisotopic (exact) mass is 688 g/mol. The van der Waals surface area contributed by atoms with Gasteiger partial charge in [0.1, 0.15) is 0 Å². The van der Waals surface area contributed by atoms with Crippen molar-refractivity contribution < 1.29 is 49.0 Å². The summed E-state index contributed by atoms with van der Waals surface area (Å²) in [6.45, 7) is 18.1. The Balaban J connectivity index is 0.000000212. The van der Waals surface area contributed by atoms with Gasteiger partial charge in [-0.15, -0.1) is 11.6 Å². The summed E-state index contributed by atoms with van der Waals surface area (Å²) < 4.78 is 1.80. The van der Waals surface area contributed by atoms with E-state index in [-0.39, 0.29) is 35.6 Å². The van der Waals surface area contributed by atoms with E-state index in [1.54, 1.807) is 27.4 Å². The molecule has 3 aromatic carbocycles. The van der Waals surface area contributed by atoms with Crippen LogP contribution in [0.1, 0.15) is 132 Å². The molecule has 0 unspecified atom stereocenters. The van der Waals surface area contributed by atoms with Crippen LogP contribution in [0.15, 0.2) is 48.5 Å². The number of hydrogen-bond acceptors (Lipinski definition) is 0. The fourth-order valence-electron chi connectivity index (χ4n) is 6.56. The molecule has 0 aliphatic heterocycles. The summed E-state index contributed by atoms with van der Waals surface area (Å²) in [7, 11) is 0. The van der Waals surface area contributed by atoms with E-state index >= 15 is 0 Å². The molecule has 4 aliphatic rings. The molecule has 0 spiro atoms. The summed E-state index contributed by atoms with van der Waals surface area (Å²) in [5.74, 6) is 0. The molecule has 0 saturated heterocycles. The molecule has 0 amide bonds. The fraction of sp³-hybridized carbons (Fsp3) is 0.450. The number of benzene rings is 2. The van der Waals surface area contributed by atoms with Gasteiger partial charge in [-0.2, -0.15) is 28.8 Å². The Labute approximate surface area is 289 Å². The van der Waals surface area contributed by atoms with Crippen molar-refractivity contribution in [2.24, 2.45) is 0 Å². The summed E-state index contributed by atoms with van der Waals surface area (Å²) in [6, 6.07) is 16.4. The summed E-state index contributed by atoms with van der Waals surface area (Å²) in [6.07, 6.45) is 19.8. The third-order valence-corrected chi connectivity index (χ3v) is 10.6. The van der Waals surface area contributed by atoms with E-state index in [4.69, 9.17) is 0 Å². The van der Waals surface area contributed by atoms with E-state index in [1.165, 1.54) is 87.7 Å². The van der Waals surface area contributed by atoms with Crippen LogP contribution in [0.4, 0.5) is 0 Å². The maximum absolute atomic E-state index is 3.50. The zero-order valence-corrected chi connectivity index (χ0v) is 31.4. The zero-order chi connectivity index (χ0) is 29.6. The van der Waals surface area contributed by atoms with Gasteiger partial charge in [-0.05, 0) is 45.9 Å². The van der Waals surface area contributed by atoms with E-state index in [9.17, 15) is 0 Å². The molecule has 4 aliphatic carbocycles. The molecule has 0 nitrogen and oxygen atoms in total. The van der Waals surface area contributed by atoms with E-state index in [0.29, 0.717) is 5.41 Å². The first-order chi connectivity index (χ1) is 19.3. The Morgan fingerprint density at radius 3 is 1.95 bits per heavy atom. The van der Waals surface area contributed by atoms with Gasteiger partial charge in [-0.1, -0.05) is 96.9 Å². The van der Waals surface area contributed by atoms with E-state index in [2.05, 4.69) is 122 Å². The molecule has 228 valence electrons. The standard InChI is InChI=1S/C23H21.C11H17.C6H10.2ClH.Zr/c1-22(2)7-5-14-10-18-16(12-20(14)22)9-17-13-21-15(11-19(17)18)6-8-23(21,3)4;1-5-9-6-7-10(8-9)11(2,3)4;1-2-4-6-5-3-1;;;/h5-7,10-13H,9H2,1-4H3;6-8H,5H2,1-4H3;1-5H2;2*1H;/q2*-1;;;;+2/p-2. The van der Waals surface area contributed by atoms with Crippen LogP contribution in [0.3, 0.4) is 0 Å². The average Bonchev–Trinajstić information content (AvgIpc) is 3.68. The van der Waals surface area contributed by atoms with Gasteiger partial charge in [0.15, 0.2) is 0 Å². The predicted molar refractivity (Wildman–Crippen MR) is 176 cm³/mol. The van der Waals surface area contributed by atoms with Crippen molar-refractivity contribution in [3.8, 4) is 11.1 Å². The van der Waals surface area contributed by atoms with Gasteiger partial charge < -0.3 is 24.8 Å². The topological polar surface area (TPSA) is 0 Å². The van der Waals surface area contributed by atoms with Crippen LogP contribution < -0.4 is 24.8 Å². The van der Waals surface area contributed by atoms with E-state index in [0.717, 1.165) is 12.8 Å². The predicted octanol–water partition coefficient (Wildman–Crippen LogP) is 4.61. The van der Waals surface area contributed by atoms with Crippen LogP contribution in [0.25, 0.3) is 23.3 Å². The van der Waals surface area contributed by atoms with Crippen LogP contribution in [0.2, 0.25) is 0 Å². The van der Waals surface area contributed by atoms with Gasteiger partial charge in [0.2, 0.25) is 0 Å². The molecule has 1 fully saturated rings. The third kappa shape index (κ3) is 7.88. The van der Waals surface area contributed by atoms with Gasteiger partial charge >= 0.3 is 59.5 Å². The number of hydrogen-bond donors (Lipinski definition) is 0. The Bertz CT molecular complexity index is 1430. The molecule has 0 atom stereocenters. The number of halogens is 2. The molecule has 0 N–H and O–H groups in total. The minimum absolute atomic E-state index is 0. The normalized spacial score (nSPS) is 17.7. The Morgan fingerprint density at radius 1 is 0.837 bits per heavy atom. The molecular formula is C40H48Cl2Zr-2. The van der Waals surface area contributed by atoms with Gasteiger partial charge in [-0.3, -0.25) is 6.08 Å². The van der Waals surface area contributed by atoms with Crippen molar-refractivity contribution in [3.05, 3.63) is 99.1 Å². The van der Waals surface area contributed by atoms with Crippen LogP contribution in [-0.2, 0) is 53.3 Å². The molecule has 7 rings (SSSR count). The second kappa shape index (κ2) is 13.9. The molecular weight excluding hydrogens is 643 g/mol. The minimum atomic E-state index is 0. The second-order valence-electron chi connectivity index (χ2n) is 14.6. The first-order valence-corrected chi connectivity index (χ1v) is 17.0. The summed E-state index contributed by atoms with van der Waals surface area (Å²) >= 11 is 1.69. The van der Waals surface area contributed by atoms with Crippen molar-refractivity contribution in [2.45, 2.75) is 117 Å². The van der Waals surface area contributed by atoms with Crippen LogP contribution in [-0.4, -0.2) is 3.21 Å². The summed E-state index contributed by atoms with van der Waals surface area (Å²) in [4.78, 5) is 0. The van der Waals surface area contributed by atoms with Gasteiger partial charge in [0.25, 0.3) is 0 Å².